The van der Waals surface area contributed by atoms with Crippen molar-refractivity contribution >= 4 is 17.6 Å². The molecule has 0 radical (unpaired) electrons. The zero-order valence-electron chi connectivity index (χ0n) is 10.4. The Morgan fingerprint density at radius 2 is 2.17 bits per heavy atom. The van der Waals surface area contributed by atoms with Crippen LogP contribution in [0.15, 0.2) is 18.2 Å². The molecule has 0 atom stereocenters. The number of esters is 1. The number of hydrogen-bond acceptors (Lipinski definition) is 3. The molecular weight excluding hydrogens is 250 g/mol. The van der Waals surface area contributed by atoms with Gasteiger partial charge in [-0.2, -0.15) is 5.26 Å². The van der Waals surface area contributed by atoms with E-state index < -0.39 is 0 Å². The molecule has 0 fully saturated rings. The maximum Gasteiger partial charge on any atom is 0.310 e. The lowest BCUT2D eigenvalue weighted by Crippen LogP contribution is -2.09. The van der Waals surface area contributed by atoms with Gasteiger partial charge in [0, 0.05) is 5.88 Å². The first-order chi connectivity index (χ1) is 8.72. The highest BCUT2D eigenvalue weighted by molar-refractivity contribution is 6.17. The topological polar surface area (TPSA) is 50.1 Å². The fourth-order valence-corrected chi connectivity index (χ4v) is 1.91. The number of carbonyl (C=O) groups excluding carboxylic acids is 1. The van der Waals surface area contributed by atoms with Crippen LogP contribution in [0.25, 0.3) is 0 Å². The Morgan fingerprint density at radius 1 is 1.44 bits per heavy atom. The number of carbonyl (C=O) groups is 1. The van der Waals surface area contributed by atoms with Crippen molar-refractivity contribution in [3.8, 4) is 6.07 Å². The van der Waals surface area contributed by atoms with Crippen LogP contribution in [0.5, 0.6) is 0 Å². The van der Waals surface area contributed by atoms with Gasteiger partial charge >= 0.3 is 5.97 Å². The second-order valence-corrected chi connectivity index (χ2v) is 4.22. The SMILES string of the molecule is CCOC(=O)Cc1cccc(CCCCl)c1C#N. The van der Waals surface area contributed by atoms with Gasteiger partial charge in [-0.15, -0.1) is 11.6 Å². The summed E-state index contributed by atoms with van der Waals surface area (Å²) in [5.41, 5.74) is 2.25. The molecule has 0 unspecified atom stereocenters. The highest BCUT2D eigenvalue weighted by Crippen LogP contribution is 2.17. The summed E-state index contributed by atoms with van der Waals surface area (Å²) in [7, 11) is 0. The van der Waals surface area contributed by atoms with E-state index in [2.05, 4.69) is 6.07 Å². The number of halogens is 1. The normalized spacial score (nSPS) is 9.83. The van der Waals surface area contributed by atoms with Crippen LogP contribution in [-0.4, -0.2) is 18.5 Å². The molecule has 0 aromatic heterocycles. The van der Waals surface area contributed by atoms with Crippen molar-refractivity contribution in [2.24, 2.45) is 0 Å². The second-order valence-electron chi connectivity index (χ2n) is 3.84. The Bertz CT molecular complexity index is 452. The number of rotatable bonds is 6. The molecular formula is C14H16ClNO2. The van der Waals surface area contributed by atoms with Crippen LogP contribution in [0.4, 0.5) is 0 Å². The van der Waals surface area contributed by atoms with E-state index >= 15 is 0 Å². The first-order valence-corrected chi connectivity index (χ1v) is 6.48. The zero-order chi connectivity index (χ0) is 13.4. The molecule has 0 saturated heterocycles. The maximum atomic E-state index is 11.5. The number of nitrogens with zero attached hydrogens (tertiary/aromatic N) is 1. The fourth-order valence-electron chi connectivity index (χ4n) is 1.78. The summed E-state index contributed by atoms with van der Waals surface area (Å²) in [6.07, 6.45) is 1.72. The molecule has 0 N–H and O–H groups in total. The van der Waals surface area contributed by atoms with Crippen molar-refractivity contribution in [1.82, 2.24) is 0 Å². The number of ether oxygens (including phenoxy) is 1. The lowest BCUT2D eigenvalue weighted by Gasteiger charge is -2.08. The molecule has 0 aliphatic carbocycles. The van der Waals surface area contributed by atoms with E-state index in [1.165, 1.54) is 0 Å². The van der Waals surface area contributed by atoms with E-state index in [9.17, 15) is 10.1 Å². The molecule has 0 heterocycles. The Hall–Kier alpha value is -1.53. The Balaban J connectivity index is 2.91. The van der Waals surface area contributed by atoms with Gasteiger partial charge in [0.25, 0.3) is 0 Å². The van der Waals surface area contributed by atoms with Crippen molar-refractivity contribution in [2.75, 3.05) is 12.5 Å². The van der Waals surface area contributed by atoms with Gasteiger partial charge in [-0.05, 0) is 30.9 Å². The van der Waals surface area contributed by atoms with Crippen molar-refractivity contribution < 1.29 is 9.53 Å². The van der Waals surface area contributed by atoms with E-state index in [1.54, 1.807) is 13.0 Å². The standard InChI is InChI=1S/C14H16ClNO2/c1-2-18-14(17)9-12-6-3-5-11(7-4-8-15)13(12)10-16/h3,5-6H,2,4,7-9H2,1H3. The number of hydrogen-bond donors (Lipinski definition) is 0. The molecule has 0 saturated carbocycles. The van der Waals surface area contributed by atoms with E-state index in [0.29, 0.717) is 18.1 Å². The highest BCUT2D eigenvalue weighted by atomic mass is 35.5. The van der Waals surface area contributed by atoms with Gasteiger partial charge in [0.2, 0.25) is 0 Å². The van der Waals surface area contributed by atoms with Gasteiger partial charge in [0.05, 0.1) is 24.7 Å². The third-order valence-electron chi connectivity index (χ3n) is 2.57. The van der Waals surface area contributed by atoms with E-state index in [4.69, 9.17) is 16.3 Å². The lowest BCUT2D eigenvalue weighted by atomic mass is 9.97. The quantitative estimate of drug-likeness (QED) is 0.587. The van der Waals surface area contributed by atoms with Crippen LogP contribution in [0.1, 0.15) is 30.0 Å². The number of benzene rings is 1. The van der Waals surface area contributed by atoms with Crippen LogP contribution in [0, 0.1) is 11.3 Å². The number of aryl methyl sites for hydroxylation is 1. The second kappa shape index (κ2) is 7.73. The zero-order valence-corrected chi connectivity index (χ0v) is 11.2. The molecule has 1 rings (SSSR count). The average molecular weight is 266 g/mol. The minimum atomic E-state index is -0.302. The van der Waals surface area contributed by atoms with Crippen LogP contribution >= 0.6 is 11.6 Å². The summed E-state index contributed by atoms with van der Waals surface area (Å²) < 4.78 is 4.90. The summed E-state index contributed by atoms with van der Waals surface area (Å²) in [4.78, 5) is 11.5. The van der Waals surface area contributed by atoms with Gasteiger partial charge in [-0.1, -0.05) is 18.2 Å². The van der Waals surface area contributed by atoms with E-state index in [-0.39, 0.29) is 12.4 Å². The summed E-state index contributed by atoms with van der Waals surface area (Å²) in [6.45, 7) is 2.12. The van der Waals surface area contributed by atoms with E-state index in [0.717, 1.165) is 24.0 Å². The third kappa shape index (κ3) is 4.05. The predicted molar refractivity (Wildman–Crippen MR) is 70.5 cm³/mol. The summed E-state index contributed by atoms with van der Waals surface area (Å²) >= 11 is 5.66. The van der Waals surface area contributed by atoms with Gasteiger partial charge in [0.15, 0.2) is 0 Å². The Morgan fingerprint density at radius 3 is 2.78 bits per heavy atom. The summed E-state index contributed by atoms with van der Waals surface area (Å²) in [5.74, 6) is 0.260. The van der Waals surface area contributed by atoms with Crippen molar-refractivity contribution in [2.45, 2.75) is 26.2 Å². The molecule has 18 heavy (non-hydrogen) atoms. The fraction of sp³-hybridized carbons (Fsp3) is 0.429. The molecule has 3 nitrogen and oxygen atoms in total. The summed E-state index contributed by atoms with van der Waals surface area (Å²) in [5, 5.41) is 9.21. The van der Waals surface area contributed by atoms with Gasteiger partial charge < -0.3 is 4.74 Å². The largest absolute Gasteiger partial charge is 0.466 e. The Kier molecular flexibility index (Phi) is 6.24. The first kappa shape index (κ1) is 14.5. The van der Waals surface area contributed by atoms with Gasteiger partial charge in [-0.3, -0.25) is 4.79 Å². The highest BCUT2D eigenvalue weighted by Gasteiger charge is 2.11. The molecule has 1 aromatic rings. The minimum absolute atomic E-state index is 0.144. The van der Waals surface area contributed by atoms with Crippen LogP contribution in [0.3, 0.4) is 0 Å². The van der Waals surface area contributed by atoms with Crippen molar-refractivity contribution in [3.63, 3.8) is 0 Å². The smallest absolute Gasteiger partial charge is 0.310 e. The van der Waals surface area contributed by atoms with Gasteiger partial charge in [0.1, 0.15) is 0 Å². The van der Waals surface area contributed by atoms with Gasteiger partial charge in [-0.25, -0.2) is 0 Å². The molecule has 0 aliphatic heterocycles. The van der Waals surface area contributed by atoms with Crippen LogP contribution < -0.4 is 0 Å². The minimum Gasteiger partial charge on any atom is -0.466 e. The summed E-state index contributed by atoms with van der Waals surface area (Å²) in [6, 6.07) is 7.72. The monoisotopic (exact) mass is 265 g/mol. The molecule has 4 heteroatoms. The molecule has 96 valence electrons. The van der Waals surface area contributed by atoms with Crippen molar-refractivity contribution in [1.29, 1.82) is 5.26 Å². The van der Waals surface area contributed by atoms with E-state index in [1.807, 2.05) is 12.1 Å². The molecule has 0 aliphatic rings. The Labute approximate surface area is 112 Å². The van der Waals surface area contributed by atoms with Crippen LogP contribution in [-0.2, 0) is 22.4 Å². The lowest BCUT2D eigenvalue weighted by molar-refractivity contribution is -0.142. The predicted octanol–water partition coefficient (Wildman–Crippen LogP) is 2.84. The molecule has 0 spiro atoms. The van der Waals surface area contributed by atoms with Crippen molar-refractivity contribution in [3.05, 3.63) is 34.9 Å². The molecule has 0 bridgehead atoms. The average Bonchev–Trinajstić information content (AvgIpc) is 2.36. The van der Waals surface area contributed by atoms with Crippen LogP contribution in [0.2, 0.25) is 0 Å². The number of nitriles is 1. The number of alkyl halides is 1. The third-order valence-corrected chi connectivity index (χ3v) is 2.84. The maximum absolute atomic E-state index is 11.5. The first-order valence-electron chi connectivity index (χ1n) is 5.95. The molecule has 1 aromatic carbocycles. The molecule has 0 amide bonds.